The van der Waals surface area contributed by atoms with Crippen molar-refractivity contribution in [2.24, 2.45) is 0 Å². The van der Waals surface area contributed by atoms with Crippen LogP contribution in [-0.4, -0.2) is 65.7 Å². The van der Waals surface area contributed by atoms with Crippen LogP contribution in [0.3, 0.4) is 0 Å². The third-order valence-corrected chi connectivity index (χ3v) is 9.98. The summed E-state index contributed by atoms with van der Waals surface area (Å²) in [6.45, 7) is 2.17. The number of hydrogen-bond acceptors (Lipinski definition) is 9. The molecule has 0 aliphatic heterocycles. The molecule has 3 atom stereocenters. The number of carbonyl (C=O) groups is 2. The molecule has 0 rings (SSSR count). The zero-order valence-corrected chi connectivity index (χ0v) is 37.6. The number of aliphatic hydroxyl groups excluding tert-OH is 2. The summed E-state index contributed by atoms with van der Waals surface area (Å²) in [7, 11) is -4.64. The zero-order chi connectivity index (χ0) is 43.3. The molecule has 0 aromatic carbocycles. The highest BCUT2D eigenvalue weighted by Crippen LogP contribution is 2.43. The first-order valence-corrected chi connectivity index (χ1v) is 24.0. The van der Waals surface area contributed by atoms with E-state index in [4.69, 9.17) is 19.1 Å². The van der Waals surface area contributed by atoms with Crippen LogP contribution in [0.5, 0.6) is 0 Å². The SMILES string of the molecule is CC/C=C/C/C=C/C/C=C/C/C=C/C/C=C/CCCCCC(=O)OC[C@H](COP(=O)(O)OC[C@@H](O)CO)OC(=O)CCC/C=C/C/C=C/CCCCCCCCCCC. The van der Waals surface area contributed by atoms with Gasteiger partial charge in [-0.3, -0.25) is 18.6 Å². The predicted molar refractivity (Wildman–Crippen MR) is 242 cm³/mol. The van der Waals surface area contributed by atoms with E-state index in [-0.39, 0.29) is 19.4 Å². The van der Waals surface area contributed by atoms with Crippen molar-refractivity contribution in [2.75, 3.05) is 26.4 Å². The van der Waals surface area contributed by atoms with Crippen molar-refractivity contribution >= 4 is 19.8 Å². The third-order valence-electron chi connectivity index (χ3n) is 9.03. The summed E-state index contributed by atoms with van der Waals surface area (Å²) in [5.41, 5.74) is 0. The Hall–Kier alpha value is -2.85. The number of esters is 2. The van der Waals surface area contributed by atoms with Crippen LogP contribution >= 0.6 is 7.82 Å². The van der Waals surface area contributed by atoms with Gasteiger partial charge in [-0.1, -0.05) is 157 Å². The first-order chi connectivity index (χ1) is 28.7. The van der Waals surface area contributed by atoms with E-state index in [0.717, 1.165) is 64.2 Å². The quantitative estimate of drug-likeness (QED) is 0.0235. The number of unbranched alkanes of at least 4 members (excludes halogenated alkanes) is 13. The standard InChI is InChI=1S/C48H81O10P/c1-3-5-7-9-11-13-15-17-19-21-22-24-25-27-29-31-33-35-37-39-47(51)55-43-46(44-57-59(53,54)56-42-45(50)41-49)58-48(52)40-38-36-34-32-30-28-26-23-20-18-16-14-12-10-8-6-4-2/h5,7,11,13,17,19,22,24,26-29,32,34,45-46,49-50H,3-4,6,8-10,12,14-16,18,20-21,23,25,30-31,33,35-44H2,1-2H3,(H,53,54)/b7-5+,13-11+,19-17+,24-22+,28-26+,29-27+,34-32+/t45-,46+/m0/s1. The van der Waals surface area contributed by atoms with E-state index in [1.165, 1.54) is 57.8 Å². The fourth-order valence-electron chi connectivity index (χ4n) is 5.59. The van der Waals surface area contributed by atoms with Crippen molar-refractivity contribution in [3.8, 4) is 0 Å². The lowest BCUT2D eigenvalue weighted by atomic mass is 10.1. The fraction of sp³-hybridized carbons (Fsp3) is 0.667. The van der Waals surface area contributed by atoms with Crippen LogP contribution in [-0.2, 0) is 32.7 Å². The molecule has 0 bridgehead atoms. The zero-order valence-electron chi connectivity index (χ0n) is 36.7. The maximum Gasteiger partial charge on any atom is 0.472 e. The maximum atomic E-state index is 12.6. The average molecular weight is 849 g/mol. The highest BCUT2D eigenvalue weighted by Gasteiger charge is 2.27. The molecule has 0 saturated carbocycles. The molecule has 1 unspecified atom stereocenters. The van der Waals surface area contributed by atoms with E-state index < -0.39 is 51.8 Å². The average Bonchev–Trinajstić information content (AvgIpc) is 3.22. The van der Waals surface area contributed by atoms with Crippen LogP contribution in [0, 0.1) is 0 Å². The summed E-state index contributed by atoms with van der Waals surface area (Å²) in [6, 6.07) is 0. The Morgan fingerprint density at radius 1 is 0.525 bits per heavy atom. The highest BCUT2D eigenvalue weighted by atomic mass is 31.2. The molecule has 0 aliphatic carbocycles. The molecule has 0 spiro atoms. The monoisotopic (exact) mass is 849 g/mol. The molecule has 0 saturated heterocycles. The van der Waals surface area contributed by atoms with Crippen molar-refractivity contribution in [3.05, 3.63) is 85.1 Å². The molecule has 0 aromatic rings. The summed E-state index contributed by atoms with van der Waals surface area (Å²) in [5.74, 6) is -1.02. The van der Waals surface area contributed by atoms with Crippen molar-refractivity contribution in [1.82, 2.24) is 0 Å². The van der Waals surface area contributed by atoms with Gasteiger partial charge in [-0.25, -0.2) is 4.57 Å². The largest absolute Gasteiger partial charge is 0.472 e. The normalized spacial score (nSPS) is 14.6. The molecule has 59 heavy (non-hydrogen) atoms. The van der Waals surface area contributed by atoms with Gasteiger partial charge < -0.3 is 24.6 Å². The molecule has 11 heteroatoms. The van der Waals surface area contributed by atoms with E-state index in [0.29, 0.717) is 19.3 Å². The molecule has 10 nitrogen and oxygen atoms in total. The maximum absolute atomic E-state index is 12.6. The molecule has 338 valence electrons. The van der Waals surface area contributed by atoms with Crippen LogP contribution in [0.15, 0.2) is 85.1 Å². The van der Waals surface area contributed by atoms with Crippen LogP contribution in [0.2, 0.25) is 0 Å². The number of hydrogen-bond donors (Lipinski definition) is 3. The molecular formula is C48H81O10P. The van der Waals surface area contributed by atoms with Gasteiger partial charge in [0.05, 0.1) is 19.8 Å². The van der Waals surface area contributed by atoms with Gasteiger partial charge in [-0.2, -0.15) is 0 Å². The fourth-order valence-corrected chi connectivity index (χ4v) is 6.38. The number of phosphoric ester groups is 1. The topological polar surface area (TPSA) is 149 Å². The van der Waals surface area contributed by atoms with Crippen molar-refractivity contribution in [1.29, 1.82) is 0 Å². The van der Waals surface area contributed by atoms with Crippen LogP contribution in [0.1, 0.15) is 168 Å². The lowest BCUT2D eigenvalue weighted by molar-refractivity contribution is -0.161. The Morgan fingerprint density at radius 3 is 1.46 bits per heavy atom. The predicted octanol–water partition coefficient (Wildman–Crippen LogP) is 12.2. The Bertz CT molecular complexity index is 1250. The minimum Gasteiger partial charge on any atom is -0.462 e. The first kappa shape index (κ1) is 56.1. The second kappa shape index (κ2) is 43.2. The molecule has 0 radical (unpaired) electrons. The van der Waals surface area contributed by atoms with E-state index >= 15 is 0 Å². The molecule has 0 aliphatic rings. The number of rotatable bonds is 41. The van der Waals surface area contributed by atoms with Gasteiger partial charge in [0.1, 0.15) is 12.7 Å². The Morgan fingerprint density at radius 2 is 0.949 bits per heavy atom. The highest BCUT2D eigenvalue weighted by molar-refractivity contribution is 7.47. The van der Waals surface area contributed by atoms with Crippen molar-refractivity contribution in [3.63, 3.8) is 0 Å². The van der Waals surface area contributed by atoms with Gasteiger partial charge in [-0.05, 0) is 83.5 Å². The first-order valence-electron chi connectivity index (χ1n) is 22.5. The van der Waals surface area contributed by atoms with E-state index in [2.05, 4.69) is 97.4 Å². The Balaban J connectivity index is 4.41. The molecule has 0 amide bonds. The summed E-state index contributed by atoms with van der Waals surface area (Å²) >= 11 is 0. The minimum atomic E-state index is -4.64. The van der Waals surface area contributed by atoms with Crippen LogP contribution in [0.4, 0.5) is 0 Å². The summed E-state index contributed by atoms with van der Waals surface area (Å²) < 4.78 is 32.7. The summed E-state index contributed by atoms with van der Waals surface area (Å²) in [5, 5.41) is 18.3. The van der Waals surface area contributed by atoms with Crippen LogP contribution < -0.4 is 0 Å². The second-order valence-corrected chi connectivity index (χ2v) is 16.1. The van der Waals surface area contributed by atoms with Gasteiger partial charge in [0.25, 0.3) is 0 Å². The molecule has 0 fully saturated rings. The summed E-state index contributed by atoms with van der Waals surface area (Å²) in [6.07, 6.45) is 51.3. The molecule has 0 heterocycles. The van der Waals surface area contributed by atoms with Gasteiger partial charge in [0.15, 0.2) is 6.10 Å². The van der Waals surface area contributed by atoms with E-state index in [1.807, 2.05) is 6.08 Å². The lowest BCUT2D eigenvalue weighted by Crippen LogP contribution is -2.29. The molecule has 3 N–H and O–H groups in total. The van der Waals surface area contributed by atoms with E-state index in [1.54, 1.807) is 0 Å². The van der Waals surface area contributed by atoms with Gasteiger partial charge in [-0.15, -0.1) is 0 Å². The number of carbonyl (C=O) groups excluding carboxylic acids is 2. The third kappa shape index (κ3) is 43.1. The van der Waals surface area contributed by atoms with Crippen LogP contribution in [0.25, 0.3) is 0 Å². The Kier molecular flexibility index (Phi) is 41.2. The lowest BCUT2D eigenvalue weighted by Gasteiger charge is -2.20. The summed E-state index contributed by atoms with van der Waals surface area (Å²) in [4.78, 5) is 35.0. The van der Waals surface area contributed by atoms with Gasteiger partial charge in [0.2, 0.25) is 0 Å². The van der Waals surface area contributed by atoms with Gasteiger partial charge >= 0.3 is 19.8 Å². The van der Waals surface area contributed by atoms with Gasteiger partial charge in [0, 0.05) is 12.8 Å². The number of phosphoric acid groups is 1. The Labute approximate surface area is 358 Å². The molecule has 0 aromatic heterocycles. The number of allylic oxidation sites excluding steroid dienone is 14. The molecular weight excluding hydrogens is 767 g/mol. The number of ether oxygens (including phenoxy) is 2. The van der Waals surface area contributed by atoms with E-state index in [9.17, 15) is 24.2 Å². The second-order valence-electron chi connectivity index (χ2n) is 14.7. The minimum absolute atomic E-state index is 0.108. The smallest absolute Gasteiger partial charge is 0.462 e. The van der Waals surface area contributed by atoms with Crippen molar-refractivity contribution in [2.45, 2.75) is 180 Å². The number of aliphatic hydroxyl groups is 2. The van der Waals surface area contributed by atoms with Crippen molar-refractivity contribution < 1.29 is 47.8 Å².